The maximum atomic E-state index is 5.56. The molecule has 0 radical (unpaired) electrons. The summed E-state index contributed by atoms with van der Waals surface area (Å²) in [5, 5.41) is 8.01. The van der Waals surface area contributed by atoms with Crippen molar-refractivity contribution in [1.82, 2.24) is 10.2 Å². The number of benzene rings is 1. The van der Waals surface area contributed by atoms with Gasteiger partial charge in [0.25, 0.3) is 0 Å². The second-order valence-corrected chi connectivity index (χ2v) is 4.49. The average molecular weight is 256 g/mol. The third-order valence-corrected chi connectivity index (χ3v) is 3.20. The fraction of sp³-hybridized carbons (Fsp3) is 0.286. The van der Waals surface area contributed by atoms with Crippen molar-refractivity contribution in [3.63, 3.8) is 0 Å². The second-order valence-electron chi connectivity index (χ2n) is 4.49. The number of anilines is 2. The summed E-state index contributed by atoms with van der Waals surface area (Å²) in [7, 11) is 0. The summed E-state index contributed by atoms with van der Waals surface area (Å²) in [6.45, 7) is 3.42. The Hall–Kier alpha value is -2.14. The zero-order valence-corrected chi connectivity index (χ0v) is 10.6. The first kappa shape index (κ1) is 11.9. The van der Waals surface area contributed by atoms with Crippen LogP contribution >= 0.6 is 0 Å². The Balaban J connectivity index is 1.88. The van der Waals surface area contributed by atoms with E-state index in [0.29, 0.717) is 5.82 Å². The van der Waals surface area contributed by atoms with Gasteiger partial charge in [0.1, 0.15) is 5.82 Å². The first-order valence-electron chi connectivity index (χ1n) is 6.35. The molecule has 0 bridgehead atoms. The SMILES string of the molecule is Nc1ccc(-c2cccc(N3CCOCC3)c2)nn1. The number of hydrogen-bond donors (Lipinski definition) is 1. The number of ether oxygens (including phenoxy) is 1. The molecule has 0 atom stereocenters. The molecule has 0 aliphatic carbocycles. The number of hydrogen-bond acceptors (Lipinski definition) is 5. The molecule has 0 spiro atoms. The van der Waals surface area contributed by atoms with Gasteiger partial charge in [0.15, 0.2) is 0 Å². The highest BCUT2D eigenvalue weighted by atomic mass is 16.5. The molecule has 1 saturated heterocycles. The predicted octanol–water partition coefficient (Wildman–Crippen LogP) is 1.56. The highest BCUT2D eigenvalue weighted by Crippen LogP contribution is 2.23. The van der Waals surface area contributed by atoms with E-state index in [1.54, 1.807) is 6.07 Å². The van der Waals surface area contributed by atoms with Gasteiger partial charge < -0.3 is 15.4 Å². The molecule has 19 heavy (non-hydrogen) atoms. The van der Waals surface area contributed by atoms with Crippen LogP contribution in [-0.2, 0) is 4.74 Å². The average Bonchev–Trinajstić information content (AvgIpc) is 2.49. The van der Waals surface area contributed by atoms with Gasteiger partial charge in [-0.05, 0) is 24.3 Å². The summed E-state index contributed by atoms with van der Waals surface area (Å²) < 4.78 is 5.37. The van der Waals surface area contributed by atoms with Gasteiger partial charge in [0, 0.05) is 24.3 Å². The lowest BCUT2D eigenvalue weighted by molar-refractivity contribution is 0.122. The number of nitrogens with zero attached hydrogens (tertiary/aromatic N) is 3. The van der Waals surface area contributed by atoms with Crippen LogP contribution in [0, 0.1) is 0 Å². The highest BCUT2D eigenvalue weighted by molar-refractivity contribution is 5.65. The van der Waals surface area contributed by atoms with Crippen molar-refractivity contribution in [3.05, 3.63) is 36.4 Å². The molecule has 1 aromatic heterocycles. The Labute approximate surface area is 112 Å². The van der Waals surface area contributed by atoms with Gasteiger partial charge in [-0.2, -0.15) is 0 Å². The van der Waals surface area contributed by atoms with Crippen molar-refractivity contribution >= 4 is 11.5 Å². The third-order valence-electron chi connectivity index (χ3n) is 3.20. The molecule has 5 nitrogen and oxygen atoms in total. The van der Waals surface area contributed by atoms with E-state index >= 15 is 0 Å². The number of aromatic nitrogens is 2. The zero-order valence-electron chi connectivity index (χ0n) is 10.6. The van der Waals surface area contributed by atoms with Gasteiger partial charge in [-0.15, -0.1) is 10.2 Å². The summed E-state index contributed by atoms with van der Waals surface area (Å²) in [6.07, 6.45) is 0. The first-order valence-corrected chi connectivity index (χ1v) is 6.35. The lowest BCUT2D eigenvalue weighted by atomic mass is 10.1. The van der Waals surface area contributed by atoms with Crippen molar-refractivity contribution < 1.29 is 4.74 Å². The van der Waals surface area contributed by atoms with E-state index in [2.05, 4.69) is 27.2 Å². The smallest absolute Gasteiger partial charge is 0.146 e. The summed E-state index contributed by atoms with van der Waals surface area (Å²) in [6, 6.07) is 12.0. The molecule has 2 N–H and O–H groups in total. The Morgan fingerprint density at radius 1 is 1.05 bits per heavy atom. The van der Waals surface area contributed by atoms with Crippen LogP contribution in [-0.4, -0.2) is 36.5 Å². The first-order chi connectivity index (χ1) is 9.33. The van der Waals surface area contributed by atoms with Crippen molar-refractivity contribution in [3.8, 4) is 11.3 Å². The van der Waals surface area contributed by atoms with Gasteiger partial charge in [-0.3, -0.25) is 0 Å². The quantitative estimate of drug-likeness (QED) is 0.883. The normalized spacial score (nSPS) is 15.5. The van der Waals surface area contributed by atoms with E-state index in [9.17, 15) is 0 Å². The molecule has 1 fully saturated rings. The summed E-state index contributed by atoms with van der Waals surface area (Å²) in [4.78, 5) is 2.32. The molecule has 0 unspecified atom stereocenters. The number of nitrogen functional groups attached to an aromatic ring is 1. The van der Waals surface area contributed by atoms with Gasteiger partial charge in [0.2, 0.25) is 0 Å². The second kappa shape index (κ2) is 5.24. The number of morpholine rings is 1. The van der Waals surface area contributed by atoms with E-state index < -0.39 is 0 Å². The summed E-state index contributed by atoms with van der Waals surface area (Å²) >= 11 is 0. The van der Waals surface area contributed by atoms with Crippen molar-refractivity contribution in [1.29, 1.82) is 0 Å². The Kier molecular flexibility index (Phi) is 3.29. The molecule has 3 rings (SSSR count). The Bertz CT molecular complexity index is 550. The van der Waals surface area contributed by atoms with Crippen LogP contribution in [0.2, 0.25) is 0 Å². The van der Waals surface area contributed by atoms with Crippen molar-refractivity contribution in [2.45, 2.75) is 0 Å². The van der Waals surface area contributed by atoms with Crippen LogP contribution in [0.25, 0.3) is 11.3 Å². The van der Waals surface area contributed by atoms with Gasteiger partial charge in [0.05, 0.1) is 18.9 Å². The van der Waals surface area contributed by atoms with E-state index in [4.69, 9.17) is 10.5 Å². The predicted molar refractivity (Wildman–Crippen MR) is 74.9 cm³/mol. The third kappa shape index (κ3) is 2.66. The molecule has 0 saturated carbocycles. The lowest BCUT2D eigenvalue weighted by Crippen LogP contribution is -2.36. The number of rotatable bonds is 2. The van der Waals surface area contributed by atoms with E-state index in [-0.39, 0.29) is 0 Å². The topological polar surface area (TPSA) is 64.3 Å². The fourth-order valence-electron chi connectivity index (χ4n) is 2.18. The maximum Gasteiger partial charge on any atom is 0.146 e. The van der Waals surface area contributed by atoms with E-state index in [1.807, 2.05) is 18.2 Å². The van der Waals surface area contributed by atoms with E-state index in [0.717, 1.165) is 37.6 Å². The molecule has 1 aliphatic rings. The molecular weight excluding hydrogens is 240 g/mol. The minimum atomic E-state index is 0.438. The van der Waals surface area contributed by atoms with Crippen molar-refractivity contribution in [2.24, 2.45) is 0 Å². The maximum absolute atomic E-state index is 5.56. The van der Waals surface area contributed by atoms with Crippen molar-refractivity contribution in [2.75, 3.05) is 36.9 Å². The van der Waals surface area contributed by atoms with Crippen LogP contribution in [0.1, 0.15) is 0 Å². The highest BCUT2D eigenvalue weighted by Gasteiger charge is 2.11. The minimum absolute atomic E-state index is 0.438. The number of nitrogens with two attached hydrogens (primary N) is 1. The van der Waals surface area contributed by atoms with Crippen LogP contribution in [0.5, 0.6) is 0 Å². The molecule has 5 heteroatoms. The van der Waals surface area contributed by atoms with Gasteiger partial charge in [-0.1, -0.05) is 12.1 Å². The molecule has 0 amide bonds. The van der Waals surface area contributed by atoms with E-state index in [1.165, 1.54) is 5.69 Å². The Morgan fingerprint density at radius 3 is 2.63 bits per heavy atom. The standard InChI is InChI=1S/C14H16N4O/c15-14-5-4-13(16-17-14)11-2-1-3-12(10-11)18-6-8-19-9-7-18/h1-5,10H,6-9H2,(H2,15,17). The van der Waals surface area contributed by atoms with Crippen LogP contribution in [0.4, 0.5) is 11.5 Å². The van der Waals surface area contributed by atoms with Crippen LogP contribution < -0.4 is 10.6 Å². The Morgan fingerprint density at radius 2 is 1.89 bits per heavy atom. The fourth-order valence-corrected chi connectivity index (χ4v) is 2.18. The lowest BCUT2D eigenvalue weighted by Gasteiger charge is -2.29. The monoisotopic (exact) mass is 256 g/mol. The zero-order chi connectivity index (χ0) is 13.1. The van der Waals surface area contributed by atoms with Crippen LogP contribution in [0.3, 0.4) is 0 Å². The van der Waals surface area contributed by atoms with Crippen LogP contribution in [0.15, 0.2) is 36.4 Å². The molecule has 2 aromatic rings. The van der Waals surface area contributed by atoms with Gasteiger partial charge >= 0.3 is 0 Å². The molecule has 1 aliphatic heterocycles. The summed E-state index contributed by atoms with van der Waals surface area (Å²) in [5.74, 6) is 0.438. The molecular formula is C14H16N4O. The molecule has 2 heterocycles. The molecule has 1 aromatic carbocycles. The summed E-state index contributed by atoms with van der Waals surface area (Å²) in [5.41, 5.74) is 8.64. The largest absolute Gasteiger partial charge is 0.382 e. The minimum Gasteiger partial charge on any atom is -0.382 e. The molecule has 98 valence electrons. The van der Waals surface area contributed by atoms with Gasteiger partial charge in [-0.25, -0.2) is 0 Å².